The van der Waals surface area contributed by atoms with E-state index in [2.05, 4.69) is 6.92 Å². The fourth-order valence-electron chi connectivity index (χ4n) is 7.01. The van der Waals surface area contributed by atoms with Crippen LogP contribution in [0.4, 0.5) is 0 Å². The summed E-state index contributed by atoms with van der Waals surface area (Å²) in [5, 5.41) is 73.4. The fraction of sp³-hybridized carbons (Fsp3) is 0.700. The lowest BCUT2D eigenvalue weighted by Crippen LogP contribution is -2.66. The third-order valence-electron chi connectivity index (χ3n) is 10.4. The van der Waals surface area contributed by atoms with Gasteiger partial charge in [-0.05, 0) is 23.3 Å². The Hall–Kier alpha value is -1.81. The van der Waals surface area contributed by atoms with Gasteiger partial charge < -0.3 is 74.6 Å². The maximum atomic E-state index is 11.2. The molecule has 56 heavy (non-hydrogen) atoms. The molecule has 0 saturated carbocycles. The van der Waals surface area contributed by atoms with Crippen molar-refractivity contribution in [3.05, 3.63) is 71.8 Å². The highest BCUT2D eigenvalue weighted by molar-refractivity contribution is 7.99. The molecule has 0 aromatic heterocycles. The highest BCUT2D eigenvalue weighted by Gasteiger charge is 2.52. The number of hydrogen-bond donors (Lipinski definition) is 8. The molecule has 15 nitrogen and oxygen atoms in total. The van der Waals surface area contributed by atoms with Gasteiger partial charge >= 0.3 is 0 Å². The van der Waals surface area contributed by atoms with Crippen LogP contribution in [0.1, 0.15) is 56.6 Å². The van der Waals surface area contributed by atoms with Crippen LogP contribution in [0.2, 0.25) is 0 Å². The van der Waals surface area contributed by atoms with Gasteiger partial charge in [0.15, 0.2) is 12.6 Å². The Morgan fingerprint density at radius 2 is 1.20 bits per heavy atom. The first-order valence-corrected chi connectivity index (χ1v) is 20.7. The van der Waals surface area contributed by atoms with Crippen LogP contribution in [0.3, 0.4) is 0 Å². The van der Waals surface area contributed by atoms with E-state index in [9.17, 15) is 35.7 Å². The molecule has 3 saturated heterocycles. The minimum absolute atomic E-state index is 0.0587. The van der Waals surface area contributed by atoms with E-state index in [-0.39, 0.29) is 19.8 Å². The minimum atomic E-state index is -1.76. The van der Waals surface area contributed by atoms with Gasteiger partial charge in [0.1, 0.15) is 72.6 Å². The van der Waals surface area contributed by atoms with Crippen molar-refractivity contribution in [2.24, 2.45) is 5.73 Å². The van der Waals surface area contributed by atoms with Crippen molar-refractivity contribution in [2.75, 3.05) is 25.6 Å². The molecular weight excluding hydrogens is 750 g/mol. The molecule has 9 N–H and O–H groups in total. The zero-order valence-corrected chi connectivity index (χ0v) is 32.7. The van der Waals surface area contributed by atoms with Crippen LogP contribution < -0.4 is 5.73 Å². The second-order valence-electron chi connectivity index (χ2n) is 14.7. The average Bonchev–Trinajstić information content (AvgIpc) is 3.21. The summed E-state index contributed by atoms with van der Waals surface area (Å²) in [5.41, 5.74) is 8.31. The Bertz CT molecular complexity index is 1370. The van der Waals surface area contributed by atoms with E-state index in [4.69, 9.17) is 38.9 Å². The molecule has 3 fully saturated rings. The van der Waals surface area contributed by atoms with Crippen molar-refractivity contribution in [3.63, 3.8) is 0 Å². The zero-order chi connectivity index (χ0) is 40.0. The first kappa shape index (κ1) is 45.3. The van der Waals surface area contributed by atoms with Gasteiger partial charge in [-0.3, -0.25) is 0 Å². The Kier molecular flexibility index (Phi) is 18.7. The van der Waals surface area contributed by atoms with E-state index < -0.39 is 104 Å². The summed E-state index contributed by atoms with van der Waals surface area (Å²) < 4.78 is 42.9. The van der Waals surface area contributed by atoms with Gasteiger partial charge in [0.25, 0.3) is 0 Å². The van der Waals surface area contributed by atoms with Crippen LogP contribution in [0.5, 0.6) is 0 Å². The number of rotatable bonds is 21. The number of hydrogen-bond acceptors (Lipinski definition) is 16. The zero-order valence-electron chi connectivity index (χ0n) is 31.9. The summed E-state index contributed by atoms with van der Waals surface area (Å²) in [7, 11) is 0. The molecule has 2 aromatic carbocycles. The Morgan fingerprint density at radius 1 is 0.607 bits per heavy atom. The van der Waals surface area contributed by atoms with E-state index in [0.29, 0.717) is 0 Å². The molecule has 0 bridgehead atoms. The number of aliphatic hydroxyl groups excluding tert-OH is 7. The van der Waals surface area contributed by atoms with E-state index in [1.165, 1.54) is 25.7 Å². The quantitative estimate of drug-likeness (QED) is 0.0821. The van der Waals surface area contributed by atoms with Gasteiger partial charge in [-0.15, -0.1) is 11.8 Å². The number of nitrogens with two attached hydrogens (primary N) is 1. The molecule has 0 spiro atoms. The second-order valence-corrected chi connectivity index (χ2v) is 15.9. The normalized spacial score (nSPS) is 36.4. The largest absolute Gasteiger partial charge is 0.394 e. The van der Waals surface area contributed by atoms with Crippen molar-refractivity contribution in [1.82, 2.24) is 0 Å². The minimum Gasteiger partial charge on any atom is -0.394 e. The molecule has 2 aromatic rings. The number of aliphatic hydroxyl groups is 7. The van der Waals surface area contributed by atoms with Crippen molar-refractivity contribution < 1.29 is 68.9 Å². The molecule has 3 aliphatic rings. The summed E-state index contributed by atoms with van der Waals surface area (Å²) in [6, 6.07) is 18.5. The monoisotopic (exact) mass is 811 g/mol. The summed E-state index contributed by atoms with van der Waals surface area (Å²) in [6.45, 7) is 1.55. The lowest BCUT2D eigenvalue weighted by molar-refractivity contribution is -0.349. The first-order chi connectivity index (χ1) is 27.1. The molecule has 5 rings (SSSR count). The van der Waals surface area contributed by atoms with Gasteiger partial charge in [0.05, 0.1) is 39.1 Å². The lowest BCUT2D eigenvalue weighted by atomic mass is 9.96. The first-order valence-electron chi connectivity index (χ1n) is 19.7. The fourth-order valence-corrected chi connectivity index (χ4v) is 8.21. The van der Waals surface area contributed by atoms with E-state index >= 15 is 0 Å². The predicted octanol–water partition coefficient (Wildman–Crippen LogP) is 0.944. The van der Waals surface area contributed by atoms with E-state index in [1.54, 1.807) is 11.8 Å². The van der Waals surface area contributed by atoms with Gasteiger partial charge in [0, 0.05) is 0 Å². The van der Waals surface area contributed by atoms with Gasteiger partial charge in [-0.1, -0.05) is 99.7 Å². The maximum Gasteiger partial charge on any atom is 0.187 e. The highest BCUT2D eigenvalue weighted by Crippen LogP contribution is 2.35. The summed E-state index contributed by atoms with van der Waals surface area (Å²) >= 11 is 1.61. The Morgan fingerprint density at radius 3 is 1.86 bits per heavy atom. The number of thioether (sulfide) groups is 1. The van der Waals surface area contributed by atoms with E-state index in [0.717, 1.165) is 29.7 Å². The van der Waals surface area contributed by atoms with Gasteiger partial charge in [-0.25, -0.2) is 0 Å². The lowest BCUT2D eigenvalue weighted by Gasteiger charge is -2.48. The van der Waals surface area contributed by atoms with Crippen LogP contribution >= 0.6 is 11.8 Å². The average molecular weight is 812 g/mol. The number of ether oxygens (including phenoxy) is 7. The predicted molar refractivity (Wildman–Crippen MR) is 205 cm³/mol. The molecule has 0 radical (unpaired) electrons. The number of benzene rings is 2. The molecule has 15 atom stereocenters. The highest BCUT2D eigenvalue weighted by atomic mass is 32.2. The Balaban J connectivity index is 1.33. The summed E-state index contributed by atoms with van der Waals surface area (Å²) in [4.78, 5) is 0. The molecule has 0 aliphatic carbocycles. The smallest absolute Gasteiger partial charge is 0.187 e. The van der Waals surface area contributed by atoms with Crippen molar-refractivity contribution in [2.45, 2.75) is 150 Å². The van der Waals surface area contributed by atoms with Crippen LogP contribution in [-0.2, 0) is 46.4 Å². The molecule has 16 heteroatoms. The molecular formula is C40H61NO14S. The maximum absolute atomic E-state index is 11.2. The Labute approximate surface area is 333 Å². The van der Waals surface area contributed by atoms with Crippen LogP contribution in [0, 0.1) is 0 Å². The van der Waals surface area contributed by atoms with Gasteiger partial charge in [-0.2, -0.15) is 0 Å². The SMILES string of the molecule is CCCCCCCCS[C@H]1O[C@H](COCc2ccccc2)[C@@H](O[C@H]2O[C@H](CO[C@H]3O[C@H](CO)[C@@H](O)[C@H](O)[C@@H]3O)[C@@H](O)[C@H](O)[C@@H]2O)[C@H](OCc2ccccc2)[C@H]1N. The van der Waals surface area contributed by atoms with Crippen molar-refractivity contribution >= 4 is 11.8 Å². The topological polar surface area (TPSA) is 232 Å². The standard InChI is InChI=1S/C40H61NO14S/c1-2-3-4-5-6-13-18-56-40-29(41)37(50-21-25-16-11-8-12-17-25)36(28(54-40)22-49-20-24-14-9-7-10-15-24)55-39-35(48)33(46)31(44)27(53-39)23-51-38-34(47)32(45)30(43)26(19-42)52-38/h7-12,14-17,26-40,42-48H,2-6,13,18-23,41H2,1H3/t26-,27-,28-,29-,30-,31-,32+,33+,34+,35+,36-,37-,38+,39-,40-/m1/s1. The van der Waals surface area contributed by atoms with Crippen LogP contribution in [0.15, 0.2) is 60.7 Å². The molecule has 316 valence electrons. The molecule has 0 amide bonds. The summed E-state index contributed by atoms with van der Waals surface area (Å²) in [5.74, 6) is 0.823. The number of unbranched alkanes of at least 4 members (excludes halogenated alkanes) is 5. The third kappa shape index (κ3) is 12.4. The van der Waals surface area contributed by atoms with Crippen molar-refractivity contribution in [3.8, 4) is 0 Å². The third-order valence-corrected chi connectivity index (χ3v) is 11.7. The molecule has 0 unspecified atom stereocenters. The molecule has 3 aliphatic heterocycles. The molecule has 3 heterocycles. The van der Waals surface area contributed by atoms with Crippen molar-refractivity contribution in [1.29, 1.82) is 0 Å². The van der Waals surface area contributed by atoms with E-state index in [1.807, 2.05) is 60.7 Å². The van der Waals surface area contributed by atoms with Gasteiger partial charge in [0.2, 0.25) is 0 Å². The van der Waals surface area contributed by atoms with Crippen LogP contribution in [-0.4, -0.2) is 153 Å². The van der Waals surface area contributed by atoms with Crippen LogP contribution in [0.25, 0.3) is 0 Å². The summed E-state index contributed by atoms with van der Waals surface area (Å²) in [6.07, 6.45) is -11.5. The second kappa shape index (κ2) is 23.1.